The number of thiazole rings is 1. The molecular weight excluding hydrogens is 387 g/mol. The van der Waals surface area contributed by atoms with Gasteiger partial charge < -0.3 is 15.2 Å². The number of para-hydroxylation sites is 1. The van der Waals surface area contributed by atoms with Crippen LogP contribution in [0.5, 0.6) is 0 Å². The van der Waals surface area contributed by atoms with Crippen LogP contribution in [0.4, 0.5) is 13.2 Å². The Kier molecular flexibility index (Phi) is 6.56. The summed E-state index contributed by atoms with van der Waals surface area (Å²) < 4.78 is 40.1. The van der Waals surface area contributed by atoms with Gasteiger partial charge in [0, 0.05) is 36.7 Å². The largest absolute Gasteiger partial charge is 0.434 e. The van der Waals surface area contributed by atoms with Gasteiger partial charge in [0.05, 0.1) is 6.54 Å². The second-order valence-corrected chi connectivity index (χ2v) is 7.11. The smallest absolute Gasteiger partial charge is 0.357 e. The van der Waals surface area contributed by atoms with Crippen molar-refractivity contribution in [2.45, 2.75) is 32.6 Å². The molecular formula is C19H22F3N5S. The number of benzene rings is 1. The highest BCUT2D eigenvalue weighted by molar-refractivity contribution is 7.09. The Morgan fingerprint density at radius 1 is 1.21 bits per heavy atom. The molecule has 3 aromatic rings. The molecule has 0 bridgehead atoms. The minimum absolute atomic E-state index is 0.109. The Labute approximate surface area is 165 Å². The zero-order valence-corrected chi connectivity index (χ0v) is 16.3. The number of nitrogens with zero attached hydrogens (tertiary/aromatic N) is 3. The first kappa shape index (κ1) is 20.2. The number of fused-ring (bicyclic) bond motifs is 1. The van der Waals surface area contributed by atoms with Gasteiger partial charge in [0.25, 0.3) is 0 Å². The molecule has 0 radical (unpaired) electrons. The Bertz CT molecular complexity index is 929. The van der Waals surface area contributed by atoms with Gasteiger partial charge in [-0.15, -0.1) is 11.3 Å². The number of hydrogen-bond donors (Lipinski definition) is 2. The molecule has 0 saturated carbocycles. The fraction of sp³-hybridized carbons (Fsp3) is 0.368. The molecule has 0 unspecified atom stereocenters. The van der Waals surface area contributed by atoms with Crippen molar-refractivity contribution in [3.8, 4) is 0 Å². The van der Waals surface area contributed by atoms with E-state index in [9.17, 15) is 13.2 Å². The molecule has 2 heterocycles. The third-order valence-corrected chi connectivity index (χ3v) is 4.94. The quantitative estimate of drug-likeness (QED) is 0.348. The summed E-state index contributed by atoms with van der Waals surface area (Å²) in [7, 11) is 0. The van der Waals surface area contributed by atoms with Crippen LogP contribution in [-0.4, -0.2) is 28.6 Å². The predicted octanol–water partition coefficient (Wildman–Crippen LogP) is 4.26. The Morgan fingerprint density at radius 2 is 2.04 bits per heavy atom. The van der Waals surface area contributed by atoms with Crippen LogP contribution in [0.25, 0.3) is 10.9 Å². The van der Waals surface area contributed by atoms with Crippen molar-refractivity contribution in [2.75, 3.05) is 13.1 Å². The first-order valence-corrected chi connectivity index (χ1v) is 9.93. The van der Waals surface area contributed by atoms with Crippen molar-refractivity contribution in [1.82, 2.24) is 20.2 Å². The van der Waals surface area contributed by atoms with Gasteiger partial charge in [0.2, 0.25) is 0 Å². The van der Waals surface area contributed by atoms with Crippen molar-refractivity contribution >= 4 is 28.2 Å². The summed E-state index contributed by atoms with van der Waals surface area (Å²) >= 11 is 0.967. The molecule has 0 aliphatic rings. The van der Waals surface area contributed by atoms with E-state index in [-0.39, 0.29) is 6.54 Å². The molecule has 150 valence electrons. The number of aromatic nitrogens is 2. The number of aliphatic imine (C=N–C) groups is 1. The minimum atomic E-state index is -4.41. The molecule has 2 N–H and O–H groups in total. The summed E-state index contributed by atoms with van der Waals surface area (Å²) in [5, 5.41) is 8.89. The van der Waals surface area contributed by atoms with Gasteiger partial charge in [-0.1, -0.05) is 18.2 Å². The number of nitrogens with one attached hydrogen (secondary N) is 2. The summed E-state index contributed by atoms with van der Waals surface area (Å²) in [6.45, 7) is 4.28. The standard InChI is InChI=1S/C19H22F3N5S/c1-2-23-18(25-12-17-26-16(13-28-17)19(20,21)22)24-9-5-10-27-11-8-14-6-3-4-7-15(14)27/h3-4,6-8,11,13H,2,5,9-10,12H2,1H3,(H2,23,24,25). The lowest BCUT2D eigenvalue weighted by Gasteiger charge is -2.11. The van der Waals surface area contributed by atoms with Gasteiger partial charge in [-0.3, -0.25) is 0 Å². The molecule has 9 heteroatoms. The maximum absolute atomic E-state index is 12.6. The van der Waals surface area contributed by atoms with Crippen molar-refractivity contribution in [1.29, 1.82) is 0 Å². The second-order valence-electron chi connectivity index (χ2n) is 6.17. The van der Waals surface area contributed by atoms with Crippen LogP contribution in [0.2, 0.25) is 0 Å². The van der Waals surface area contributed by atoms with Gasteiger partial charge in [0.15, 0.2) is 11.7 Å². The lowest BCUT2D eigenvalue weighted by Crippen LogP contribution is -2.38. The van der Waals surface area contributed by atoms with Gasteiger partial charge in [0.1, 0.15) is 5.01 Å². The van der Waals surface area contributed by atoms with Crippen molar-refractivity contribution < 1.29 is 13.2 Å². The van der Waals surface area contributed by atoms with Crippen LogP contribution in [0, 0.1) is 0 Å². The van der Waals surface area contributed by atoms with E-state index in [0.717, 1.165) is 29.7 Å². The van der Waals surface area contributed by atoms with E-state index in [1.54, 1.807) is 0 Å². The highest BCUT2D eigenvalue weighted by atomic mass is 32.1. The highest BCUT2D eigenvalue weighted by Gasteiger charge is 2.33. The molecule has 5 nitrogen and oxygen atoms in total. The van der Waals surface area contributed by atoms with E-state index in [4.69, 9.17) is 0 Å². The van der Waals surface area contributed by atoms with Crippen LogP contribution < -0.4 is 10.6 Å². The van der Waals surface area contributed by atoms with Gasteiger partial charge in [-0.2, -0.15) is 13.2 Å². The molecule has 0 aliphatic heterocycles. The average Bonchev–Trinajstić information content (AvgIpc) is 3.30. The average molecular weight is 409 g/mol. The van der Waals surface area contributed by atoms with Crippen LogP contribution in [0.15, 0.2) is 46.9 Å². The van der Waals surface area contributed by atoms with Crippen LogP contribution in [-0.2, 0) is 19.3 Å². The maximum atomic E-state index is 12.6. The molecule has 1 aromatic carbocycles. The molecule has 3 rings (SSSR count). The molecule has 0 fully saturated rings. The van der Waals surface area contributed by atoms with E-state index in [1.165, 1.54) is 10.9 Å². The number of alkyl halides is 3. The van der Waals surface area contributed by atoms with Crippen LogP contribution in [0.3, 0.4) is 0 Å². The number of halogens is 3. The Morgan fingerprint density at radius 3 is 2.79 bits per heavy atom. The SMILES string of the molecule is CCNC(=NCc1nc(C(F)(F)F)cs1)NCCCn1ccc2ccccc21. The molecule has 0 amide bonds. The number of rotatable bonds is 7. The minimum Gasteiger partial charge on any atom is -0.357 e. The van der Waals surface area contributed by atoms with E-state index in [2.05, 4.69) is 49.6 Å². The number of guanidine groups is 1. The third-order valence-electron chi connectivity index (χ3n) is 4.11. The lowest BCUT2D eigenvalue weighted by atomic mass is 10.2. The molecule has 0 saturated heterocycles. The number of hydrogen-bond acceptors (Lipinski definition) is 3. The number of aryl methyl sites for hydroxylation is 1. The molecule has 0 atom stereocenters. The first-order valence-electron chi connectivity index (χ1n) is 9.05. The maximum Gasteiger partial charge on any atom is 0.434 e. The van der Waals surface area contributed by atoms with Crippen molar-refractivity contribution in [2.24, 2.45) is 4.99 Å². The van der Waals surface area contributed by atoms with Crippen molar-refractivity contribution in [3.05, 3.63) is 52.6 Å². The van der Waals surface area contributed by atoms with Crippen molar-refractivity contribution in [3.63, 3.8) is 0 Å². The lowest BCUT2D eigenvalue weighted by molar-refractivity contribution is -0.140. The van der Waals surface area contributed by atoms with E-state index >= 15 is 0 Å². The van der Waals surface area contributed by atoms with Gasteiger partial charge in [-0.05, 0) is 30.9 Å². The molecule has 2 aromatic heterocycles. The summed E-state index contributed by atoms with van der Waals surface area (Å²) in [6.07, 6.45) is -1.45. The molecule has 28 heavy (non-hydrogen) atoms. The summed E-state index contributed by atoms with van der Waals surface area (Å²) in [6, 6.07) is 10.3. The summed E-state index contributed by atoms with van der Waals surface area (Å²) in [4.78, 5) is 7.93. The highest BCUT2D eigenvalue weighted by Crippen LogP contribution is 2.30. The third kappa shape index (κ3) is 5.25. The topological polar surface area (TPSA) is 54.2 Å². The van der Waals surface area contributed by atoms with Crippen LogP contribution >= 0.6 is 11.3 Å². The molecule has 0 aliphatic carbocycles. The fourth-order valence-electron chi connectivity index (χ4n) is 2.79. The zero-order valence-electron chi connectivity index (χ0n) is 15.5. The Balaban J connectivity index is 1.51. The summed E-state index contributed by atoms with van der Waals surface area (Å²) in [5.74, 6) is 0.573. The van der Waals surface area contributed by atoms with Gasteiger partial charge in [-0.25, -0.2) is 9.98 Å². The van der Waals surface area contributed by atoms with E-state index < -0.39 is 11.9 Å². The Hall–Kier alpha value is -2.55. The van der Waals surface area contributed by atoms with Gasteiger partial charge >= 0.3 is 6.18 Å². The molecule has 0 spiro atoms. The second kappa shape index (κ2) is 9.09. The monoisotopic (exact) mass is 409 g/mol. The normalized spacial score (nSPS) is 12.5. The van der Waals surface area contributed by atoms with Crippen LogP contribution in [0.1, 0.15) is 24.0 Å². The van der Waals surface area contributed by atoms with E-state index in [0.29, 0.717) is 24.1 Å². The van der Waals surface area contributed by atoms with E-state index in [1.807, 2.05) is 19.1 Å². The summed E-state index contributed by atoms with van der Waals surface area (Å²) in [5.41, 5.74) is 0.340. The predicted molar refractivity (Wildman–Crippen MR) is 106 cm³/mol. The first-order chi connectivity index (χ1) is 13.5. The fourth-order valence-corrected chi connectivity index (χ4v) is 3.52. The zero-order chi connectivity index (χ0) is 20.0.